The zero-order valence-corrected chi connectivity index (χ0v) is 16.1. The SMILES string of the molecule is CC.CC.O=[N+]([O-])c1cc(Br)ccc1NCc1cccc(CO)c1. The van der Waals surface area contributed by atoms with Crippen LogP contribution in [0.1, 0.15) is 38.8 Å². The topological polar surface area (TPSA) is 75.4 Å². The summed E-state index contributed by atoms with van der Waals surface area (Å²) in [4.78, 5) is 10.6. The molecule has 6 heteroatoms. The number of hydrogen-bond donors (Lipinski definition) is 2. The Morgan fingerprint density at radius 3 is 2.29 bits per heavy atom. The van der Waals surface area contributed by atoms with Gasteiger partial charge in [-0.3, -0.25) is 10.1 Å². The van der Waals surface area contributed by atoms with Crippen LogP contribution in [-0.2, 0) is 13.2 Å². The van der Waals surface area contributed by atoms with Crippen molar-refractivity contribution in [2.45, 2.75) is 40.8 Å². The predicted molar refractivity (Wildman–Crippen MR) is 103 cm³/mol. The fourth-order valence-electron chi connectivity index (χ4n) is 1.84. The van der Waals surface area contributed by atoms with Crippen molar-refractivity contribution in [3.8, 4) is 0 Å². The average Bonchev–Trinajstić information content (AvgIpc) is 2.64. The molecule has 24 heavy (non-hydrogen) atoms. The van der Waals surface area contributed by atoms with E-state index in [1.807, 2.05) is 52.0 Å². The summed E-state index contributed by atoms with van der Waals surface area (Å²) in [6.45, 7) is 8.43. The highest BCUT2D eigenvalue weighted by Crippen LogP contribution is 2.28. The van der Waals surface area contributed by atoms with Gasteiger partial charge in [0.1, 0.15) is 5.69 Å². The molecule has 2 aromatic carbocycles. The number of aliphatic hydroxyl groups is 1. The van der Waals surface area contributed by atoms with Crippen molar-refractivity contribution in [2.24, 2.45) is 0 Å². The molecule has 0 bridgehead atoms. The van der Waals surface area contributed by atoms with E-state index in [2.05, 4.69) is 21.2 Å². The molecule has 0 saturated carbocycles. The van der Waals surface area contributed by atoms with E-state index in [-0.39, 0.29) is 12.3 Å². The molecular weight excluding hydrogens is 372 g/mol. The van der Waals surface area contributed by atoms with Crippen LogP contribution in [-0.4, -0.2) is 10.0 Å². The van der Waals surface area contributed by atoms with Gasteiger partial charge in [0.25, 0.3) is 5.69 Å². The molecule has 2 rings (SSSR count). The minimum absolute atomic E-state index is 0.0216. The summed E-state index contributed by atoms with van der Waals surface area (Å²) >= 11 is 3.22. The Kier molecular flexibility index (Phi) is 11.5. The van der Waals surface area contributed by atoms with Gasteiger partial charge in [-0.15, -0.1) is 0 Å². The number of nitrogens with zero attached hydrogens (tertiary/aromatic N) is 1. The Balaban J connectivity index is 0.00000123. The summed E-state index contributed by atoms with van der Waals surface area (Å²) in [6, 6.07) is 12.3. The van der Waals surface area contributed by atoms with E-state index in [1.54, 1.807) is 12.1 Å². The molecule has 0 heterocycles. The van der Waals surface area contributed by atoms with Crippen molar-refractivity contribution in [2.75, 3.05) is 5.32 Å². The lowest BCUT2D eigenvalue weighted by Crippen LogP contribution is -2.03. The molecule has 0 aliphatic heterocycles. The largest absolute Gasteiger partial charge is 0.392 e. The Labute approximate surface area is 152 Å². The normalized spacial score (nSPS) is 9.08. The maximum absolute atomic E-state index is 11.0. The number of benzene rings is 2. The second-order valence-electron chi connectivity index (χ2n) is 4.25. The Hall–Kier alpha value is -1.92. The van der Waals surface area contributed by atoms with Crippen LogP contribution in [0.2, 0.25) is 0 Å². The fourth-order valence-corrected chi connectivity index (χ4v) is 2.19. The Bertz CT molecular complexity index is 633. The zero-order chi connectivity index (χ0) is 18.5. The molecule has 0 aliphatic carbocycles. The number of rotatable bonds is 5. The summed E-state index contributed by atoms with van der Waals surface area (Å²) in [5, 5.41) is 23.1. The molecule has 2 aromatic rings. The van der Waals surface area contributed by atoms with Crippen LogP contribution in [0, 0.1) is 10.1 Å². The first-order valence-electron chi connectivity index (χ1n) is 7.96. The minimum atomic E-state index is -0.419. The molecule has 0 amide bonds. The van der Waals surface area contributed by atoms with E-state index in [9.17, 15) is 10.1 Å². The molecule has 5 nitrogen and oxygen atoms in total. The number of nitrogens with one attached hydrogen (secondary N) is 1. The lowest BCUT2D eigenvalue weighted by Gasteiger charge is -2.08. The summed E-state index contributed by atoms with van der Waals surface area (Å²) in [6.07, 6.45) is 0. The number of nitro groups is 1. The second kappa shape index (κ2) is 12.5. The van der Waals surface area contributed by atoms with Crippen LogP contribution in [0.15, 0.2) is 46.9 Å². The summed E-state index contributed by atoms with van der Waals surface area (Å²) in [7, 11) is 0. The third kappa shape index (κ3) is 7.10. The molecule has 0 fully saturated rings. The Morgan fingerprint density at radius 1 is 1.08 bits per heavy atom. The van der Waals surface area contributed by atoms with E-state index in [4.69, 9.17) is 5.11 Å². The summed E-state index contributed by atoms with van der Waals surface area (Å²) < 4.78 is 0.664. The van der Waals surface area contributed by atoms with Crippen LogP contribution in [0.5, 0.6) is 0 Å². The molecule has 132 valence electrons. The maximum Gasteiger partial charge on any atom is 0.293 e. The van der Waals surface area contributed by atoms with Gasteiger partial charge in [-0.25, -0.2) is 0 Å². The van der Waals surface area contributed by atoms with E-state index in [1.165, 1.54) is 6.07 Å². The third-order valence-electron chi connectivity index (χ3n) is 2.81. The monoisotopic (exact) mass is 396 g/mol. The van der Waals surface area contributed by atoms with Crippen LogP contribution in [0.4, 0.5) is 11.4 Å². The standard InChI is InChI=1S/C14H13BrN2O3.2C2H6/c15-12-4-5-13(14(7-12)17(19)20)16-8-10-2-1-3-11(6-10)9-18;2*1-2/h1-7,16,18H,8-9H2;2*1-2H3. The number of anilines is 1. The lowest BCUT2D eigenvalue weighted by molar-refractivity contribution is -0.384. The quantitative estimate of drug-likeness (QED) is 0.515. The van der Waals surface area contributed by atoms with Gasteiger partial charge in [0.05, 0.1) is 11.5 Å². The average molecular weight is 397 g/mol. The zero-order valence-electron chi connectivity index (χ0n) is 14.5. The first kappa shape index (κ1) is 22.1. The van der Waals surface area contributed by atoms with Gasteiger partial charge >= 0.3 is 0 Å². The predicted octanol–water partition coefficient (Wildman–Crippen LogP) is 5.51. The van der Waals surface area contributed by atoms with Crippen molar-refractivity contribution in [1.82, 2.24) is 0 Å². The van der Waals surface area contributed by atoms with Crippen molar-refractivity contribution >= 4 is 27.3 Å². The molecule has 0 atom stereocenters. The fraction of sp³-hybridized carbons (Fsp3) is 0.333. The molecule has 0 aliphatic rings. The lowest BCUT2D eigenvalue weighted by atomic mass is 10.1. The summed E-state index contributed by atoms with van der Waals surface area (Å²) in [5.74, 6) is 0. The van der Waals surface area contributed by atoms with Crippen LogP contribution in [0.25, 0.3) is 0 Å². The van der Waals surface area contributed by atoms with Gasteiger partial charge in [0, 0.05) is 17.1 Å². The molecule has 2 N–H and O–H groups in total. The third-order valence-corrected chi connectivity index (χ3v) is 3.31. The van der Waals surface area contributed by atoms with Crippen LogP contribution >= 0.6 is 15.9 Å². The van der Waals surface area contributed by atoms with Gasteiger partial charge in [0.15, 0.2) is 0 Å². The highest BCUT2D eigenvalue weighted by molar-refractivity contribution is 9.10. The molecule has 0 unspecified atom stereocenters. The maximum atomic E-state index is 11.0. The van der Waals surface area contributed by atoms with Gasteiger partial charge in [-0.1, -0.05) is 67.9 Å². The minimum Gasteiger partial charge on any atom is -0.392 e. The molecule has 0 aromatic heterocycles. The van der Waals surface area contributed by atoms with Gasteiger partial charge in [-0.05, 0) is 23.3 Å². The van der Waals surface area contributed by atoms with E-state index < -0.39 is 4.92 Å². The van der Waals surface area contributed by atoms with Gasteiger partial charge in [-0.2, -0.15) is 0 Å². The molecule has 0 saturated heterocycles. The van der Waals surface area contributed by atoms with Crippen molar-refractivity contribution in [1.29, 1.82) is 0 Å². The smallest absolute Gasteiger partial charge is 0.293 e. The molecular formula is C18H25BrN2O3. The highest BCUT2D eigenvalue weighted by Gasteiger charge is 2.13. The van der Waals surface area contributed by atoms with E-state index in [0.29, 0.717) is 16.7 Å². The number of aliphatic hydroxyl groups excluding tert-OH is 1. The van der Waals surface area contributed by atoms with Crippen molar-refractivity contribution < 1.29 is 10.0 Å². The van der Waals surface area contributed by atoms with Gasteiger partial charge < -0.3 is 10.4 Å². The van der Waals surface area contributed by atoms with Crippen molar-refractivity contribution in [3.63, 3.8) is 0 Å². The number of hydrogen-bond acceptors (Lipinski definition) is 4. The molecule has 0 radical (unpaired) electrons. The second-order valence-corrected chi connectivity index (χ2v) is 5.17. The van der Waals surface area contributed by atoms with E-state index in [0.717, 1.165) is 11.1 Å². The van der Waals surface area contributed by atoms with Crippen molar-refractivity contribution in [3.05, 3.63) is 68.2 Å². The number of halogens is 1. The first-order chi connectivity index (χ1) is 11.6. The van der Waals surface area contributed by atoms with Crippen LogP contribution in [0.3, 0.4) is 0 Å². The first-order valence-corrected chi connectivity index (χ1v) is 8.76. The Morgan fingerprint density at radius 2 is 1.71 bits per heavy atom. The summed E-state index contributed by atoms with van der Waals surface area (Å²) in [5.41, 5.74) is 2.26. The van der Waals surface area contributed by atoms with Crippen LogP contribution < -0.4 is 5.32 Å². The number of nitro benzene ring substituents is 1. The molecule has 0 spiro atoms. The van der Waals surface area contributed by atoms with E-state index >= 15 is 0 Å². The van der Waals surface area contributed by atoms with Gasteiger partial charge in [0.2, 0.25) is 0 Å². The highest BCUT2D eigenvalue weighted by atomic mass is 79.9.